The Morgan fingerprint density at radius 2 is 1.83 bits per heavy atom. The summed E-state index contributed by atoms with van der Waals surface area (Å²) in [7, 11) is 0. The summed E-state index contributed by atoms with van der Waals surface area (Å²) in [6.07, 6.45) is -4.86. The van der Waals surface area contributed by atoms with E-state index >= 15 is 0 Å². The van der Waals surface area contributed by atoms with Crippen LogP contribution in [0.4, 0.5) is 18.9 Å². The summed E-state index contributed by atoms with van der Waals surface area (Å²) in [4.78, 5) is 28.4. The number of nitro groups is 1. The monoisotopic (exact) mass is 335 g/mol. The first-order chi connectivity index (χ1) is 11.3. The molecule has 1 heterocycles. The van der Waals surface area contributed by atoms with Crippen LogP contribution in [-0.4, -0.2) is 14.9 Å². The summed E-state index contributed by atoms with van der Waals surface area (Å²) in [5.41, 5.74) is -2.61. The lowest BCUT2D eigenvalue weighted by atomic mass is 10.1. The molecule has 0 radical (unpaired) electrons. The number of nitrogens with one attached hydrogen (secondary N) is 1. The topological polar surface area (TPSA) is 88.9 Å². The van der Waals surface area contributed by atoms with Gasteiger partial charge in [0.15, 0.2) is 0 Å². The van der Waals surface area contributed by atoms with Crippen molar-refractivity contribution in [2.45, 2.75) is 6.18 Å². The van der Waals surface area contributed by atoms with Crippen LogP contribution in [-0.2, 0) is 6.18 Å². The van der Waals surface area contributed by atoms with Crippen molar-refractivity contribution in [2.75, 3.05) is 0 Å². The third kappa shape index (κ3) is 2.71. The zero-order valence-electron chi connectivity index (χ0n) is 11.8. The fraction of sp³-hybridized carbons (Fsp3) is 0.0667. The van der Waals surface area contributed by atoms with Gasteiger partial charge in [-0.3, -0.25) is 14.9 Å². The molecule has 0 unspecified atom stereocenters. The molecule has 6 nitrogen and oxygen atoms in total. The summed E-state index contributed by atoms with van der Waals surface area (Å²) >= 11 is 0. The Balaban J connectivity index is 2.22. The van der Waals surface area contributed by atoms with Crippen LogP contribution >= 0.6 is 0 Å². The molecule has 0 saturated heterocycles. The SMILES string of the molecule is O=c1[nH]c(-c2ccc(C(F)(F)F)c([N+](=O)[O-])c2)nc2ccccc12. The molecule has 3 aromatic rings. The number of nitro benzene ring substituents is 1. The Bertz CT molecular complexity index is 1010. The highest BCUT2D eigenvalue weighted by atomic mass is 19.4. The highest BCUT2D eigenvalue weighted by molar-refractivity contribution is 5.79. The van der Waals surface area contributed by atoms with Gasteiger partial charge in [0.05, 0.1) is 15.8 Å². The Morgan fingerprint density at radius 1 is 1.12 bits per heavy atom. The first-order valence-corrected chi connectivity index (χ1v) is 6.62. The molecule has 122 valence electrons. The fourth-order valence-electron chi connectivity index (χ4n) is 2.29. The minimum absolute atomic E-state index is 0.0116. The molecule has 0 saturated carbocycles. The van der Waals surface area contributed by atoms with Crippen LogP contribution in [0.15, 0.2) is 47.3 Å². The second-order valence-corrected chi connectivity index (χ2v) is 4.92. The molecule has 9 heteroatoms. The number of halogens is 3. The van der Waals surface area contributed by atoms with Crippen molar-refractivity contribution in [3.8, 4) is 11.4 Å². The van der Waals surface area contributed by atoms with Crippen molar-refractivity contribution in [2.24, 2.45) is 0 Å². The minimum Gasteiger partial charge on any atom is -0.306 e. The molecule has 1 aromatic heterocycles. The molecule has 24 heavy (non-hydrogen) atoms. The Kier molecular flexibility index (Phi) is 3.55. The van der Waals surface area contributed by atoms with Crippen LogP contribution in [0.2, 0.25) is 0 Å². The number of hydrogen-bond donors (Lipinski definition) is 1. The Morgan fingerprint density at radius 3 is 2.50 bits per heavy atom. The van der Waals surface area contributed by atoms with Crippen LogP contribution in [0.5, 0.6) is 0 Å². The second kappa shape index (κ2) is 5.44. The van der Waals surface area contributed by atoms with E-state index in [1.54, 1.807) is 24.3 Å². The van der Waals surface area contributed by atoms with E-state index in [0.29, 0.717) is 17.0 Å². The van der Waals surface area contributed by atoms with Crippen LogP contribution in [0.3, 0.4) is 0 Å². The highest BCUT2D eigenvalue weighted by Gasteiger charge is 2.38. The van der Waals surface area contributed by atoms with Gasteiger partial charge in [0.25, 0.3) is 11.2 Å². The lowest BCUT2D eigenvalue weighted by Crippen LogP contribution is -2.11. The quantitative estimate of drug-likeness (QED) is 0.573. The average Bonchev–Trinajstić information content (AvgIpc) is 2.53. The molecule has 0 aliphatic heterocycles. The van der Waals surface area contributed by atoms with E-state index in [1.165, 1.54) is 0 Å². The Hall–Kier alpha value is -3.23. The van der Waals surface area contributed by atoms with Crippen LogP contribution in [0.1, 0.15) is 5.56 Å². The predicted molar refractivity (Wildman–Crippen MR) is 79.5 cm³/mol. The third-order valence-electron chi connectivity index (χ3n) is 3.39. The fourth-order valence-corrected chi connectivity index (χ4v) is 2.29. The van der Waals surface area contributed by atoms with Gasteiger partial charge in [-0.25, -0.2) is 4.98 Å². The van der Waals surface area contributed by atoms with E-state index in [1.807, 2.05) is 0 Å². The van der Waals surface area contributed by atoms with Crippen LogP contribution in [0.25, 0.3) is 22.3 Å². The lowest BCUT2D eigenvalue weighted by Gasteiger charge is -2.09. The van der Waals surface area contributed by atoms with Crippen molar-refractivity contribution in [3.05, 3.63) is 68.5 Å². The maximum atomic E-state index is 12.8. The number of para-hydroxylation sites is 1. The van der Waals surface area contributed by atoms with Gasteiger partial charge in [0.2, 0.25) is 0 Å². The predicted octanol–water partition coefficient (Wildman–Crippen LogP) is 3.52. The number of nitrogens with zero attached hydrogens (tertiary/aromatic N) is 2. The molecule has 2 aromatic carbocycles. The molecule has 0 bridgehead atoms. The van der Waals surface area contributed by atoms with Gasteiger partial charge < -0.3 is 4.98 Å². The van der Waals surface area contributed by atoms with E-state index in [-0.39, 0.29) is 11.4 Å². The molecule has 0 fully saturated rings. The molecular weight excluding hydrogens is 327 g/mol. The average molecular weight is 335 g/mol. The number of alkyl halides is 3. The number of fused-ring (bicyclic) bond motifs is 1. The number of aromatic nitrogens is 2. The van der Waals surface area contributed by atoms with Crippen molar-refractivity contribution in [1.29, 1.82) is 0 Å². The zero-order valence-corrected chi connectivity index (χ0v) is 11.8. The maximum absolute atomic E-state index is 12.8. The van der Waals surface area contributed by atoms with Crippen molar-refractivity contribution < 1.29 is 18.1 Å². The summed E-state index contributed by atoms with van der Waals surface area (Å²) in [6.45, 7) is 0. The number of benzene rings is 2. The summed E-state index contributed by atoms with van der Waals surface area (Å²) < 4.78 is 38.5. The van der Waals surface area contributed by atoms with Crippen LogP contribution in [0, 0.1) is 10.1 Å². The number of rotatable bonds is 2. The molecule has 3 rings (SSSR count). The molecule has 0 aliphatic carbocycles. The minimum atomic E-state index is -4.86. The maximum Gasteiger partial charge on any atom is 0.422 e. The van der Waals surface area contributed by atoms with E-state index in [4.69, 9.17) is 0 Å². The Labute approximate surface area is 131 Å². The van der Waals surface area contributed by atoms with Gasteiger partial charge in [0, 0.05) is 11.6 Å². The van der Waals surface area contributed by atoms with Gasteiger partial charge in [-0.2, -0.15) is 13.2 Å². The number of hydrogen-bond acceptors (Lipinski definition) is 4. The molecule has 1 N–H and O–H groups in total. The normalized spacial score (nSPS) is 11.6. The molecular formula is C15H8F3N3O3. The zero-order chi connectivity index (χ0) is 17.5. The van der Waals surface area contributed by atoms with Crippen LogP contribution < -0.4 is 5.56 Å². The highest BCUT2D eigenvalue weighted by Crippen LogP contribution is 2.37. The summed E-state index contributed by atoms with van der Waals surface area (Å²) in [5, 5.41) is 11.3. The van der Waals surface area contributed by atoms with Gasteiger partial charge in [0.1, 0.15) is 11.4 Å². The largest absolute Gasteiger partial charge is 0.422 e. The number of aromatic amines is 1. The second-order valence-electron chi connectivity index (χ2n) is 4.92. The first kappa shape index (κ1) is 15.7. The van der Waals surface area contributed by atoms with Gasteiger partial charge in [-0.15, -0.1) is 0 Å². The van der Waals surface area contributed by atoms with Gasteiger partial charge in [-0.05, 0) is 18.2 Å². The smallest absolute Gasteiger partial charge is 0.306 e. The van der Waals surface area contributed by atoms with E-state index < -0.39 is 27.9 Å². The molecule has 0 amide bonds. The van der Waals surface area contributed by atoms with Crippen molar-refractivity contribution >= 4 is 16.6 Å². The standard InChI is InChI=1S/C15H8F3N3O3/c16-15(17,18)10-6-5-8(7-12(10)21(23)24)13-19-11-4-2-1-3-9(11)14(22)20-13/h1-7H,(H,19,20,22). The van der Waals surface area contributed by atoms with Crippen molar-refractivity contribution in [1.82, 2.24) is 9.97 Å². The third-order valence-corrected chi connectivity index (χ3v) is 3.39. The van der Waals surface area contributed by atoms with Gasteiger partial charge in [-0.1, -0.05) is 18.2 Å². The summed E-state index contributed by atoms with van der Waals surface area (Å²) in [5.74, 6) is -0.0458. The number of H-pyrrole nitrogens is 1. The molecule has 0 atom stereocenters. The summed E-state index contributed by atoms with van der Waals surface area (Å²) in [6, 6.07) is 8.77. The van der Waals surface area contributed by atoms with Gasteiger partial charge >= 0.3 is 6.18 Å². The lowest BCUT2D eigenvalue weighted by molar-refractivity contribution is -0.388. The molecule has 0 aliphatic rings. The molecule has 0 spiro atoms. The van der Waals surface area contributed by atoms with E-state index in [9.17, 15) is 28.1 Å². The van der Waals surface area contributed by atoms with E-state index in [0.717, 1.165) is 12.1 Å². The first-order valence-electron chi connectivity index (χ1n) is 6.62. The van der Waals surface area contributed by atoms with Crippen molar-refractivity contribution in [3.63, 3.8) is 0 Å². The van der Waals surface area contributed by atoms with E-state index in [2.05, 4.69) is 9.97 Å².